The van der Waals surface area contributed by atoms with Crippen LogP contribution < -0.4 is 5.32 Å². The van der Waals surface area contributed by atoms with Crippen molar-refractivity contribution in [1.29, 1.82) is 0 Å². The smallest absolute Gasteiger partial charge is 0.0727 e. The summed E-state index contributed by atoms with van der Waals surface area (Å²) in [4.78, 5) is 2.79. The number of thiophene rings is 1. The lowest BCUT2D eigenvalue weighted by Crippen LogP contribution is -2.14. The van der Waals surface area contributed by atoms with Gasteiger partial charge in [-0.3, -0.25) is 0 Å². The molecule has 0 spiro atoms. The maximum atomic E-state index is 5.73. The van der Waals surface area contributed by atoms with E-state index in [-0.39, 0.29) is 0 Å². The van der Waals surface area contributed by atoms with Gasteiger partial charge in [0.2, 0.25) is 0 Å². The first-order valence-electron chi connectivity index (χ1n) is 7.75. The van der Waals surface area contributed by atoms with E-state index >= 15 is 0 Å². The molecule has 0 atom stereocenters. The fraction of sp³-hybridized carbons (Fsp3) is 0.750. The van der Waals surface area contributed by atoms with E-state index < -0.39 is 0 Å². The van der Waals surface area contributed by atoms with Crippen LogP contribution in [0.2, 0.25) is 0 Å². The molecule has 0 bridgehead atoms. The first kappa shape index (κ1) is 16.9. The van der Waals surface area contributed by atoms with Crippen LogP contribution in [0.1, 0.15) is 34.6 Å². The van der Waals surface area contributed by atoms with E-state index in [9.17, 15) is 0 Å². The summed E-state index contributed by atoms with van der Waals surface area (Å²) >= 11 is 1.88. The Kier molecular flexibility index (Phi) is 7.68. The van der Waals surface area contributed by atoms with Gasteiger partial charge in [-0.05, 0) is 37.8 Å². The lowest BCUT2D eigenvalue weighted by molar-refractivity contribution is 0.0483. The third-order valence-corrected chi connectivity index (χ3v) is 4.57. The number of aryl methyl sites for hydroxylation is 1. The molecule has 0 aromatic carbocycles. The average molecular weight is 313 g/mol. The van der Waals surface area contributed by atoms with Crippen molar-refractivity contribution in [1.82, 2.24) is 5.32 Å². The van der Waals surface area contributed by atoms with Crippen molar-refractivity contribution in [2.45, 2.75) is 45.4 Å². The van der Waals surface area contributed by atoms with Crippen LogP contribution in [-0.2, 0) is 27.4 Å². The highest BCUT2D eigenvalue weighted by atomic mass is 32.1. The second-order valence-corrected chi connectivity index (χ2v) is 6.80. The van der Waals surface area contributed by atoms with Crippen molar-refractivity contribution >= 4 is 11.3 Å². The van der Waals surface area contributed by atoms with Gasteiger partial charge in [-0.1, -0.05) is 0 Å². The molecular formula is C16H27NO3S. The number of nitrogens with one attached hydrogen (secondary N) is 1. The van der Waals surface area contributed by atoms with E-state index in [1.54, 1.807) is 7.11 Å². The molecule has 1 aromatic heterocycles. The zero-order valence-electron chi connectivity index (χ0n) is 13.2. The Labute approximate surface area is 131 Å². The number of hydrogen-bond donors (Lipinski definition) is 1. The maximum absolute atomic E-state index is 5.73. The van der Waals surface area contributed by atoms with Crippen molar-refractivity contribution in [3.63, 3.8) is 0 Å². The van der Waals surface area contributed by atoms with Gasteiger partial charge in [0.25, 0.3) is 0 Å². The minimum atomic E-state index is 0.659. The highest BCUT2D eigenvalue weighted by molar-refractivity contribution is 7.12. The van der Waals surface area contributed by atoms with Crippen LogP contribution in [0.4, 0.5) is 0 Å². The molecule has 0 amide bonds. The second kappa shape index (κ2) is 9.54. The van der Waals surface area contributed by atoms with Crippen LogP contribution in [0.25, 0.3) is 0 Å². The molecule has 1 aromatic rings. The Hall–Kier alpha value is -0.460. The fourth-order valence-electron chi connectivity index (χ4n) is 2.04. The van der Waals surface area contributed by atoms with Gasteiger partial charge in [0.15, 0.2) is 0 Å². The standard InChI is InChI=1S/C16H27NO3S/c1-13-14(10-16(21-13)11-17-15-4-5-15)12-20-7-3-6-19-9-8-18-2/h10,15,17H,3-9,11-12H2,1-2H3. The Bertz CT molecular complexity index is 404. The minimum absolute atomic E-state index is 0.659. The predicted octanol–water partition coefficient (Wildman–Crippen LogP) is 2.88. The van der Waals surface area contributed by atoms with E-state index in [0.717, 1.165) is 32.2 Å². The van der Waals surface area contributed by atoms with Gasteiger partial charge in [-0.25, -0.2) is 0 Å². The van der Waals surface area contributed by atoms with Crippen molar-refractivity contribution in [2.24, 2.45) is 0 Å². The van der Waals surface area contributed by atoms with Gasteiger partial charge in [0, 0.05) is 42.7 Å². The summed E-state index contributed by atoms with van der Waals surface area (Å²) in [6.45, 7) is 6.70. The Balaban J connectivity index is 1.54. The lowest BCUT2D eigenvalue weighted by atomic mass is 10.2. The quantitative estimate of drug-likeness (QED) is 0.602. The van der Waals surface area contributed by atoms with E-state index in [4.69, 9.17) is 14.2 Å². The topological polar surface area (TPSA) is 39.7 Å². The van der Waals surface area contributed by atoms with Crippen LogP contribution in [0.3, 0.4) is 0 Å². The molecule has 1 aliphatic rings. The van der Waals surface area contributed by atoms with Gasteiger partial charge in [0.1, 0.15) is 0 Å². The molecule has 1 fully saturated rings. The molecule has 120 valence electrons. The maximum Gasteiger partial charge on any atom is 0.0727 e. The molecule has 1 saturated carbocycles. The van der Waals surface area contributed by atoms with Crippen LogP contribution in [0.15, 0.2) is 6.07 Å². The van der Waals surface area contributed by atoms with Crippen LogP contribution in [0.5, 0.6) is 0 Å². The van der Waals surface area contributed by atoms with Crippen LogP contribution >= 0.6 is 11.3 Å². The van der Waals surface area contributed by atoms with E-state index in [1.165, 1.54) is 28.2 Å². The average Bonchev–Trinajstić information content (AvgIpc) is 3.24. The third-order valence-electron chi connectivity index (χ3n) is 3.48. The molecule has 1 N–H and O–H groups in total. The van der Waals surface area contributed by atoms with Crippen molar-refractivity contribution in [2.75, 3.05) is 33.5 Å². The normalized spacial score (nSPS) is 14.8. The fourth-order valence-corrected chi connectivity index (χ4v) is 3.04. The molecule has 0 saturated heterocycles. The minimum Gasteiger partial charge on any atom is -0.382 e. The summed E-state index contributed by atoms with van der Waals surface area (Å²) < 4.78 is 16.1. The van der Waals surface area contributed by atoms with Crippen LogP contribution in [-0.4, -0.2) is 39.6 Å². The van der Waals surface area contributed by atoms with Gasteiger partial charge >= 0.3 is 0 Å². The third kappa shape index (κ3) is 6.89. The molecule has 5 heteroatoms. The SMILES string of the molecule is COCCOCCCOCc1cc(CNC2CC2)sc1C. The summed E-state index contributed by atoms with van der Waals surface area (Å²) in [7, 11) is 1.68. The van der Waals surface area contributed by atoms with Gasteiger partial charge < -0.3 is 19.5 Å². The molecule has 0 unspecified atom stereocenters. The highest BCUT2D eigenvalue weighted by Crippen LogP contribution is 2.24. The number of hydrogen-bond acceptors (Lipinski definition) is 5. The molecule has 0 radical (unpaired) electrons. The first-order valence-corrected chi connectivity index (χ1v) is 8.57. The Morgan fingerprint density at radius 2 is 2.00 bits per heavy atom. The lowest BCUT2D eigenvalue weighted by Gasteiger charge is -2.05. The molecular weight excluding hydrogens is 286 g/mol. The summed E-state index contributed by atoms with van der Waals surface area (Å²) in [5.74, 6) is 0. The van der Waals surface area contributed by atoms with Gasteiger partial charge in [-0.15, -0.1) is 11.3 Å². The van der Waals surface area contributed by atoms with Crippen molar-refractivity contribution in [3.8, 4) is 0 Å². The monoisotopic (exact) mass is 313 g/mol. The molecule has 1 aliphatic carbocycles. The largest absolute Gasteiger partial charge is 0.382 e. The zero-order chi connectivity index (χ0) is 14.9. The zero-order valence-corrected chi connectivity index (χ0v) is 14.0. The molecule has 0 aliphatic heterocycles. The van der Waals surface area contributed by atoms with E-state index in [2.05, 4.69) is 18.3 Å². The van der Waals surface area contributed by atoms with Crippen molar-refractivity contribution in [3.05, 3.63) is 21.4 Å². The molecule has 21 heavy (non-hydrogen) atoms. The number of ether oxygens (including phenoxy) is 3. The summed E-state index contributed by atoms with van der Waals surface area (Å²) in [5, 5.41) is 3.56. The first-order chi connectivity index (χ1) is 10.3. The molecule has 4 nitrogen and oxygen atoms in total. The second-order valence-electron chi connectivity index (χ2n) is 5.46. The van der Waals surface area contributed by atoms with Crippen molar-refractivity contribution < 1.29 is 14.2 Å². The summed E-state index contributed by atoms with van der Waals surface area (Å²) in [5.41, 5.74) is 1.33. The van der Waals surface area contributed by atoms with E-state index in [0.29, 0.717) is 19.8 Å². The highest BCUT2D eigenvalue weighted by Gasteiger charge is 2.20. The Morgan fingerprint density at radius 1 is 1.19 bits per heavy atom. The summed E-state index contributed by atoms with van der Waals surface area (Å²) in [6.07, 6.45) is 3.61. The van der Waals surface area contributed by atoms with Gasteiger partial charge in [0.05, 0.1) is 19.8 Å². The predicted molar refractivity (Wildman–Crippen MR) is 85.9 cm³/mol. The summed E-state index contributed by atoms with van der Waals surface area (Å²) in [6, 6.07) is 3.05. The number of rotatable bonds is 12. The van der Waals surface area contributed by atoms with E-state index in [1.807, 2.05) is 11.3 Å². The molecule has 2 rings (SSSR count). The Morgan fingerprint density at radius 3 is 2.76 bits per heavy atom. The number of methoxy groups -OCH3 is 1. The molecule has 1 heterocycles. The van der Waals surface area contributed by atoms with Crippen LogP contribution in [0, 0.1) is 6.92 Å². The van der Waals surface area contributed by atoms with Gasteiger partial charge in [-0.2, -0.15) is 0 Å².